The van der Waals surface area contributed by atoms with E-state index in [9.17, 15) is 9.59 Å². The number of rotatable bonds is 4. The van der Waals surface area contributed by atoms with Crippen molar-refractivity contribution in [3.8, 4) is 0 Å². The topological polar surface area (TPSA) is 52.7 Å². The molecule has 0 radical (unpaired) electrons. The molecule has 3 rings (SSSR count). The third-order valence-electron chi connectivity index (χ3n) is 4.71. The van der Waals surface area contributed by atoms with E-state index in [1.807, 2.05) is 36.2 Å². The molecule has 0 spiro atoms. The predicted octanol–water partition coefficient (Wildman–Crippen LogP) is 1.87. The van der Waals surface area contributed by atoms with Crippen molar-refractivity contribution >= 4 is 33.4 Å². The summed E-state index contributed by atoms with van der Waals surface area (Å²) in [4.78, 5) is 28.7. The lowest BCUT2D eigenvalue weighted by Gasteiger charge is -2.21. The number of carbonyl (C=O) groups excluding carboxylic acids is 2. The highest BCUT2D eigenvalue weighted by atomic mass is 79.9. The Bertz CT molecular complexity index is 607. The van der Waals surface area contributed by atoms with Crippen LogP contribution in [0.2, 0.25) is 0 Å². The molecule has 0 aromatic heterocycles. The van der Waals surface area contributed by atoms with Crippen LogP contribution in [0.5, 0.6) is 0 Å². The minimum Gasteiger partial charge on any atom is -0.342 e. The smallest absolute Gasteiger partial charge is 0.228 e. The quantitative estimate of drug-likeness (QED) is 0.868. The first-order valence-corrected chi connectivity index (χ1v) is 8.87. The number of halogens is 1. The number of anilines is 1. The van der Waals surface area contributed by atoms with E-state index in [2.05, 4.69) is 21.2 Å². The Kier molecular flexibility index (Phi) is 5.02. The highest BCUT2D eigenvalue weighted by Gasteiger charge is 2.39. The summed E-state index contributed by atoms with van der Waals surface area (Å²) < 4.78 is 0.886. The molecule has 2 saturated heterocycles. The van der Waals surface area contributed by atoms with E-state index < -0.39 is 0 Å². The average molecular weight is 380 g/mol. The van der Waals surface area contributed by atoms with Gasteiger partial charge in [-0.3, -0.25) is 9.59 Å². The first kappa shape index (κ1) is 16.5. The molecular weight excluding hydrogens is 358 g/mol. The highest BCUT2D eigenvalue weighted by Crippen LogP contribution is 2.32. The minimum absolute atomic E-state index is 0.0289. The Morgan fingerprint density at radius 2 is 2.13 bits per heavy atom. The molecule has 6 heteroatoms. The molecule has 2 aliphatic heterocycles. The number of likely N-dealkylation sites (tertiary alicyclic amines) is 1. The Morgan fingerprint density at radius 3 is 2.87 bits per heavy atom. The van der Waals surface area contributed by atoms with Crippen LogP contribution in [0.4, 0.5) is 5.69 Å². The van der Waals surface area contributed by atoms with Gasteiger partial charge in [0.05, 0.1) is 11.6 Å². The number of hydrogen-bond donors (Lipinski definition) is 1. The van der Waals surface area contributed by atoms with Crippen LogP contribution in [0.25, 0.3) is 0 Å². The van der Waals surface area contributed by atoms with Crippen molar-refractivity contribution in [1.82, 2.24) is 10.2 Å². The van der Waals surface area contributed by atoms with Crippen LogP contribution in [0, 0.1) is 11.8 Å². The van der Waals surface area contributed by atoms with Gasteiger partial charge in [0.2, 0.25) is 11.8 Å². The highest BCUT2D eigenvalue weighted by molar-refractivity contribution is 9.10. The molecule has 2 atom stereocenters. The molecule has 2 aliphatic rings. The van der Waals surface area contributed by atoms with Crippen molar-refractivity contribution in [2.24, 2.45) is 11.8 Å². The Hall–Kier alpha value is -1.40. The number of benzene rings is 1. The second-order valence-corrected chi connectivity index (χ2v) is 7.21. The Balaban J connectivity index is 1.66. The molecule has 23 heavy (non-hydrogen) atoms. The molecule has 2 amide bonds. The number of nitrogens with zero attached hydrogens (tertiary/aromatic N) is 2. The van der Waals surface area contributed by atoms with E-state index in [1.54, 1.807) is 4.90 Å². The number of amides is 2. The molecule has 1 aromatic carbocycles. The third kappa shape index (κ3) is 3.43. The molecule has 1 N–H and O–H groups in total. The SMILES string of the molecule is CNCC1CCN(C(=O)C2CC(=O)N(c3ccccc3Br)C2)C1. The van der Waals surface area contributed by atoms with Crippen molar-refractivity contribution in [3.05, 3.63) is 28.7 Å². The number of carbonyl (C=O) groups is 2. The largest absolute Gasteiger partial charge is 0.342 e. The summed E-state index contributed by atoms with van der Waals surface area (Å²) in [5.74, 6) is 0.469. The zero-order valence-corrected chi connectivity index (χ0v) is 14.9. The van der Waals surface area contributed by atoms with Crippen molar-refractivity contribution in [3.63, 3.8) is 0 Å². The summed E-state index contributed by atoms with van der Waals surface area (Å²) in [5, 5.41) is 3.17. The van der Waals surface area contributed by atoms with Gasteiger partial charge in [-0.15, -0.1) is 0 Å². The van der Waals surface area contributed by atoms with Gasteiger partial charge in [0.15, 0.2) is 0 Å². The first-order valence-electron chi connectivity index (χ1n) is 8.08. The van der Waals surface area contributed by atoms with E-state index in [0.717, 1.165) is 36.2 Å². The second-order valence-electron chi connectivity index (χ2n) is 6.35. The molecule has 2 unspecified atom stereocenters. The van der Waals surface area contributed by atoms with Crippen LogP contribution in [0.3, 0.4) is 0 Å². The van der Waals surface area contributed by atoms with Gasteiger partial charge >= 0.3 is 0 Å². The van der Waals surface area contributed by atoms with Crippen LogP contribution in [0.1, 0.15) is 12.8 Å². The average Bonchev–Trinajstić information content (AvgIpc) is 3.15. The minimum atomic E-state index is -0.219. The van der Waals surface area contributed by atoms with Gasteiger partial charge in [-0.1, -0.05) is 12.1 Å². The maximum Gasteiger partial charge on any atom is 0.228 e. The standard InChI is InChI=1S/C17H22BrN3O2/c1-19-9-12-6-7-20(10-12)17(23)13-8-16(22)21(11-13)15-5-3-2-4-14(15)18/h2-5,12-13,19H,6-11H2,1H3. The fourth-order valence-electron chi connectivity index (χ4n) is 3.52. The molecule has 5 nitrogen and oxygen atoms in total. The molecule has 1 aromatic rings. The molecule has 2 heterocycles. The van der Waals surface area contributed by atoms with Crippen molar-refractivity contribution in [2.45, 2.75) is 12.8 Å². The van der Waals surface area contributed by atoms with Crippen molar-refractivity contribution in [2.75, 3.05) is 38.1 Å². The molecule has 0 bridgehead atoms. The number of hydrogen-bond acceptors (Lipinski definition) is 3. The van der Waals surface area contributed by atoms with Gasteiger partial charge in [-0.05, 0) is 54.0 Å². The summed E-state index contributed by atoms with van der Waals surface area (Å²) in [6, 6.07) is 7.66. The fraction of sp³-hybridized carbons (Fsp3) is 0.529. The maximum absolute atomic E-state index is 12.7. The second kappa shape index (κ2) is 7.01. The van der Waals surface area contributed by atoms with Crippen LogP contribution in [-0.4, -0.2) is 49.9 Å². The van der Waals surface area contributed by atoms with E-state index in [1.165, 1.54) is 0 Å². The Labute approximate surface area is 145 Å². The lowest BCUT2D eigenvalue weighted by Crippen LogP contribution is -2.36. The van der Waals surface area contributed by atoms with Gasteiger partial charge < -0.3 is 15.1 Å². The van der Waals surface area contributed by atoms with Gasteiger partial charge in [-0.2, -0.15) is 0 Å². The van der Waals surface area contributed by atoms with Crippen molar-refractivity contribution < 1.29 is 9.59 Å². The van der Waals surface area contributed by atoms with Gasteiger partial charge in [0, 0.05) is 30.5 Å². The van der Waals surface area contributed by atoms with Crippen LogP contribution in [-0.2, 0) is 9.59 Å². The molecule has 0 aliphatic carbocycles. The summed E-state index contributed by atoms with van der Waals surface area (Å²) in [5.41, 5.74) is 0.849. The summed E-state index contributed by atoms with van der Waals surface area (Å²) >= 11 is 3.49. The third-order valence-corrected chi connectivity index (χ3v) is 5.38. The van der Waals surface area contributed by atoms with Crippen LogP contribution >= 0.6 is 15.9 Å². The molecular formula is C17H22BrN3O2. The van der Waals surface area contributed by atoms with Gasteiger partial charge in [-0.25, -0.2) is 0 Å². The predicted molar refractivity (Wildman–Crippen MR) is 93.2 cm³/mol. The van der Waals surface area contributed by atoms with E-state index in [-0.39, 0.29) is 17.7 Å². The number of para-hydroxylation sites is 1. The monoisotopic (exact) mass is 379 g/mol. The van der Waals surface area contributed by atoms with Crippen LogP contribution in [0.15, 0.2) is 28.7 Å². The van der Waals surface area contributed by atoms with Crippen LogP contribution < -0.4 is 10.2 Å². The van der Waals surface area contributed by atoms with Gasteiger partial charge in [0.1, 0.15) is 0 Å². The maximum atomic E-state index is 12.7. The lowest BCUT2D eigenvalue weighted by atomic mass is 10.1. The Morgan fingerprint density at radius 1 is 1.35 bits per heavy atom. The van der Waals surface area contributed by atoms with E-state index in [0.29, 0.717) is 18.9 Å². The van der Waals surface area contributed by atoms with E-state index in [4.69, 9.17) is 0 Å². The van der Waals surface area contributed by atoms with E-state index >= 15 is 0 Å². The zero-order valence-electron chi connectivity index (χ0n) is 13.3. The lowest BCUT2D eigenvalue weighted by molar-refractivity contribution is -0.134. The van der Waals surface area contributed by atoms with Gasteiger partial charge in [0.25, 0.3) is 0 Å². The summed E-state index contributed by atoms with van der Waals surface area (Å²) in [6.07, 6.45) is 1.36. The summed E-state index contributed by atoms with van der Waals surface area (Å²) in [6.45, 7) is 3.04. The number of nitrogens with one attached hydrogen (secondary N) is 1. The normalized spacial score (nSPS) is 24.5. The molecule has 2 fully saturated rings. The molecule has 124 valence electrons. The molecule has 0 saturated carbocycles. The van der Waals surface area contributed by atoms with Crippen molar-refractivity contribution in [1.29, 1.82) is 0 Å². The first-order chi connectivity index (χ1) is 11.1. The fourth-order valence-corrected chi connectivity index (χ4v) is 4.02. The zero-order chi connectivity index (χ0) is 16.4. The summed E-state index contributed by atoms with van der Waals surface area (Å²) in [7, 11) is 1.94.